The number of primary amides is 1. The molecular weight excluding hydrogens is 448 g/mol. The molecule has 0 fully saturated rings. The Morgan fingerprint density at radius 3 is 2.43 bits per heavy atom. The number of ether oxygens (including phenoxy) is 1. The highest BCUT2D eigenvalue weighted by atomic mass is 79.9. The third-order valence-corrected chi connectivity index (χ3v) is 5.18. The maximum Gasteiger partial charge on any atom is 0.258 e. The molecule has 150 valence electrons. The molecule has 1 atom stereocenters. The lowest BCUT2D eigenvalue weighted by molar-refractivity contribution is 0.0951. The molecule has 0 aliphatic heterocycles. The number of nitrogens with two attached hydrogens (primary N) is 1. The van der Waals surface area contributed by atoms with Crippen molar-refractivity contribution in [3.8, 4) is 5.75 Å². The zero-order valence-corrected chi connectivity index (χ0v) is 18.1. The SMILES string of the molecule is COc1ccc(C(=O)N(c2ccc(Br)cc2Cl)[C@H](CO)C(C)C)cc1C(N)=O. The van der Waals surface area contributed by atoms with Crippen LogP contribution in [0.1, 0.15) is 34.6 Å². The summed E-state index contributed by atoms with van der Waals surface area (Å²) in [7, 11) is 1.41. The maximum absolute atomic E-state index is 13.4. The summed E-state index contributed by atoms with van der Waals surface area (Å²) in [5, 5.41) is 10.3. The zero-order chi connectivity index (χ0) is 21.0. The largest absolute Gasteiger partial charge is 0.496 e. The molecule has 2 rings (SSSR count). The highest BCUT2D eigenvalue weighted by molar-refractivity contribution is 9.10. The summed E-state index contributed by atoms with van der Waals surface area (Å²) in [6.45, 7) is 3.54. The van der Waals surface area contributed by atoms with Gasteiger partial charge < -0.3 is 20.5 Å². The van der Waals surface area contributed by atoms with E-state index in [0.717, 1.165) is 4.47 Å². The number of methoxy groups -OCH3 is 1. The molecule has 0 heterocycles. The Bertz CT molecular complexity index is 889. The van der Waals surface area contributed by atoms with Crippen LogP contribution in [-0.4, -0.2) is 36.7 Å². The van der Waals surface area contributed by atoms with Gasteiger partial charge in [-0.3, -0.25) is 9.59 Å². The summed E-state index contributed by atoms with van der Waals surface area (Å²) in [6.07, 6.45) is 0. The van der Waals surface area contributed by atoms with Gasteiger partial charge in [-0.1, -0.05) is 41.4 Å². The minimum Gasteiger partial charge on any atom is -0.496 e. The first kappa shape index (κ1) is 22.2. The van der Waals surface area contributed by atoms with Crippen LogP contribution in [0.5, 0.6) is 5.75 Å². The van der Waals surface area contributed by atoms with Crippen molar-refractivity contribution >= 4 is 45.0 Å². The molecule has 0 aliphatic carbocycles. The second kappa shape index (κ2) is 9.41. The molecule has 28 heavy (non-hydrogen) atoms. The van der Waals surface area contributed by atoms with Crippen LogP contribution in [-0.2, 0) is 0 Å². The number of halogens is 2. The van der Waals surface area contributed by atoms with Gasteiger partial charge in [-0.15, -0.1) is 0 Å². The molecule has 6 nitrogen and oxygen atoms in total. The number of nitrogens with zero attached hydrogens (tertiary/aromatic N) is 1. The smallest absolute Gasteiger partial charge is 0.258 e. The number of aliphatic hydroxyl groups is 1. The molecule has 0 unspecified atom stereocenters. The van der Waals surface area contributed by atoms with Crippen molar-refractivity contribution in [1.82, 2.24) is 0 Å². The van der Waals surface area contributed by atoms with Crippen molar-refractivity contribution in [2.45, 2.75) is 19.9 Å². The molecule has 2 aromatic carbocycles. The molecule has 0 bridgehead atoms. The molecular formula is C20H22BrClN2O4. The number of rotatable bonds is 7. The van der Waals surface area contributed by atoms with Gasteiger partial charge >= 0.3 is 0 Å². The Morgan fingerprint density at radius 1 is 1.25 bits per heavy atom. The van der Waals surface area contributed by atoms with Gasteiger partial charge in [-0.2, -0.15) is 0 Å². The summed E-state index contributed by atoms with van der Waals surface area (Å²) < 4.78 is 5.90. The van der Waals surface area contributed by atoms with E-state index in [4.69, 9.17) is 22.1 Å². The number of aliphatic hydroxyl groups excluding tert-OH is 1. The van der Waals surface area contributed by atoms with Crippen LogP contribution in [0.25, 0.3) is 0 Å². The topological polar surface area (TPSA) is 92.9 Å². The van der Waals surface area contributed by atoms with Crippen LogP contribution in [0.15, 0.2) is 40.9 Å². The van der Waals surface area contributed by atoms with Crippen molar-refractivity contribution in [2.24, 2.45) is 11.7 Å². The van der Waals surface area contributed by atoms with Gasteiger partial charge in [-0.25, -0.2) is 0 Å². The first-order valence-corrected chi connectivity index (χ1v) is 9.75. The van der Waals surface area contributed by atoms with Crippen LogP contribution in [0.4, 0.5) is 5.69 Å². The van der Waals surface area contributed by atoms with E-state index in [1.807, 2.05) is 13.8 Å². The molecule has 0 saturated heterocycles. The van der Waals surface area contributed by atoms with Gasteiger partial charge in [0.15, 0.2) is 0 Å². The van der Waals surface area contributed by atoms with Crippen LogP contribution < -0.4 is 15.4 Å². The predicted octanol–water partition coefficient (Wildman–Crippen LogP) is 3.87. The first-order chi connectivity index (χ1) is 13.2. The lowest BCUT2D eigenvalue weighted by atomic mass is 10.00. The molecule has 8 heteroatoms. The summed E-state index contributed by atoms with van der Waals surface area (Å²) >= 11 is 9.74. The van der Waals surface area contributed by atoms with E-state index in [0.29, 0.717) is 10.7 Å². The van der Waals surface area contributed by atoms with Crippen molar-refractivity contribution in [2.75, 3.05) is 18.6 Å². The molecule has 2 aromatic rings. The molecule has 0 radical (unpaired) electrons. The zero-order valence-electron chi connectivity index (χ0n) is 15.8. The van der Waals surface area contributed by atoms with Crippen molar-refractivity contribution in [1.29, 1.82) is 0 Å². The van der Waals surface area contributed by atoms with Gasteiger partial charge in [0.1, 0.15) is 5.75 Å². The maximum atomic E-state index is 13.4. The molecule has 0 saturated carbocycles. The number of benzene rings is 2. The highest BCUT2D eigenvalue weighted by Crippen LogP contribution is 2.33. The molecule has 0 spiro atoms. The fourth-order valence-corrected chi connectivity index (χ4v) is 3.64. The summed E-state index contributed by atoms with van der Waals surface area (Å²) in [5.41, 5.74) is 6.20. The van der Waals surface area contributed by atoms with Crippen molar-refractivity contribution < 1.29 is 19.4 Å². The number of carbonyl (C=O) groups excluding carboxylic acids is 2. The molecule has 0 aromatic heterocycles. The Balaban J connectivity index is 2.62. The Labute approximate surface area is 177 Å². The lowest BCUT2D eigenvalue weighted by Gasteiger charge is -2.34. The quantitative estimate of drug-likeness (QED) is 0.644. The van der Waals surface area contributed by atoms with Crippen LogP contribution in [0.2, 0.25) is 5.02 Å². The third-order valence-electron chi connectivity index (χ3n) is 4.39. The summed E-state index contributed by atoms with van der Waals surface area (Å²) in [6, 6.07) is 9.06. The number of hydrogen-bond acceptors (Lipinski definition) is 4. The predicted molar refractivity (Wildman–Crippen MR) is 113 cm³/mol. The molecule has 3 N–H and O–H groups in total. The number of carbonyl (C=O) groups is 2. The molecule has 2 amide bonds. The van der Waals surface area contributed by atoms with Crippen LogP contribution in [0, 0.1) is 5.92 Å². The monoisotopic (exact) mass is 468 g/mol. The second-order valence-corrected chi connectivity index (χ2v) is 7.87. The average Bonchev–Trinajstić information content (AvgIpc) is 2.65. The van der Waals surface area contributed by atoms with E-state index in [2.05, 4.69) is 15.9 Å². The Morgan fingerprint density at radius 2 is 1.93 bits per heavy atom. The van der Waals surface area contributed by atoms with Gasteiger partial charge in [0.05, 0.1) is 36.0 Å². The van der Waals surface area contributed by atoms with E-state index in [1.165, 1.54) is 24.1 Å². The average molecular weight is 470 g/mol. The Hall–Kier alpha value is -2.09. The second-order valence-electron chi connectivity index (χ2n) is 6.54. The minimum atomic E-state index is -0.706. The van der Waals surface area contributed by atoms with Crippen LogP contribution >= 0.6 is 27.5 Å². The van der Waals surface area contributed by atoms with Gasteiger partial charge in [-0.05, 0) is 42.3 Å². The normalized spacial score (nSPS) is 12.0. The standard InChI is InChI=1S/C20H22BrClN2O4/c1-11(2)17(10-25)24(16-6-5-13(21)9-15(16)22)20(27)12-4-7-18(28-3)14(8-12)19(23)26/h4-9,11,17,25H,10H2,1-3H3,(H2,23,26)/t17-/m1/s1. The van der Waals surface area contributed by atoms with Crippen molar-refractivity contribution in [3.05, 3.63) is 57.0 Å². The third kappa shape index (κ3) is 4.66. The van der Waals surface area contributed by atoms with E-state index in [-0.39, 0.29) is 29.4 Å². The number of amides is 2. The van der Waals surface area contributed by atoms with E-state index >= 15 is 0 Å². The van der Waals surface area contributed by atoms with E-state index in [9.17, 15) is 14.7 Å². The number of hydrogen-bond donors (Lipinski definition) is 2. The van der Waals surface area contributed by atoms with Crippen LogP contribution in [0.3, 0.4) is 0 Å². The fraction of sp³-hybridized carbons (Fsp3) is 0.300. The summed E-state index contributed by atoms with van der Waals surface area (Å²) in [4.78, 5) is 26.6. The highest BCUT2D eigenvalue weighted by Gasteiger charge is 2.30. The molecule has 0 aliphatic rings. The fourth-order valence-electron chi connectivity index (χ4n) is 2.88. The summed E-state index contributed by atoms with van der Waals surface area (Å²) in [5.74, 6) is -0.896. The Kier molecular flexibility index (Phi) is 7.46. The first-order valence-electron chi connectivity index (χ1n) is 8.58. The van der Waals surface area contributed by atoms with Gasteiger partial charge in [0.2, 0.25) is 0 Å². The lowest BCUT2D eigenvalue weighted by Crippen LogP contribution is -2.46. The van der Waals surface area contributed by atoms with E-state index < -0.39 is 17.9 Å². The van der Waals surface area contributed by atoms with Gasteiger partial charge in [0, 0.05) is 10.0 Å². The van der Waals surface area contributed by atoms with Crippen molar-refractivity contribution in [3.63, 3.8) is 0 Å². The minimum absolute atomic E-state index is 0.0532. The van der Waals surface area contributed by atoms with Gasteiger partial charge in [0.25, 0.3) is 11.8 Å². The number of anilines is 1. The van der Waals surface area contributed by atoms with E-state index in [1.54, 1.807) is 24.3 Å².